The number of anilines is 1. The van der Waals surface area contributed by atoms with Crippen molar-refractivity contribution in [3.05, 3.63) is 52.0 Å². The van der Waals surface area contributed by atoms with Crippen molar-refractivity contribution in [3.63, 3.8) is 0 Å². The number of nitrogens with zero attached hydrogens (tertiary/aromatic N) is 5. The van der Waals surface area contributed by atoms with Crippen molar-refractivity contribution in [2.24, 2.45) is 0 Å². The van der Waals surface area contributed by atoms with Crippen molar-refractivity contribution >= 4 is 33.8 Å². The molecule has 1 aromatic carbocycles. The minimum atomic E-state index is -4.52. The zero-order chi connectivity index (χ0) is 30.1. The topological polar surface area (TPSA) is 91.5 Å². The molecule has 43 heavy (non-hydrogen) atoms. The number of benzene rings is 1. The van der Waals surface area contributed by atoms with Crippen LogP contribution in [0.1, 0.15) is 39.7 Å². The molecule has 0 saturated carbocycles. The fourth-order valence-corrected chi connectivity index (χ4v) is 6.75. The molecule has 2 N–H and O–H groups in total. The Morgan fingerprint density at radius 3 is 2.74 bits per heavy atom. The molecule has 6 rings (SSSR count). The molecule has 230 valence electrons. The Kier molecular flexibility index (Phi) is 8.42. The molecule has 0 bridgehead atoms. The summed E-state index contributed by atoms with van der Waals surface area (Å²) in [5.41, 5.74) is 0.948. The molecule has 14 heteroatoms. The standard InChI is InChI=1S/C29H33F4N7O2S/c1-38-12-9-22(20(30)16-38)35-21-5-4-6-23-19(21)13-24(40(23)17-29(31,32)33)27-36-26(42-37-27)14-34-28(41)25-8-7-18(43-25)15-39-10-2-3-11-39/h4-8,13,20,22,35H,2-3,9-12,14-17H2,1H3,(H,34,41)/t20-,22+/m0/s1. The monoisotopic (exact) mass is 619 g/mol. The van der Waals surface area contributed by atoms with E-state index in [1.165, 1.54) is 24.2 Å². The summed E-state index contributed by atoms with van der Waals surface area (Å²) >= 11 is 1.43. The third kappa shape index (κ3) is 6.86. The summed E-state index contributed by atoms with van der Waals surface area (Å²) < 4.78 is 62.2. The molecule has 0 spiro atoms. The van der Waals surface area contributed by atoms with Crippen LogP contribution in [0.15, 0.2) is 40.9 Å². The maximum absolute atomic E-state index is 14.8. The maximum atomic E-state index is 14.8. The van der Waals surface area contributed by atoms with Crippen molar-refractivity contribution in [2.45, 2.75) is 57.3 Å². The van der Waals surface area contributed by atoms with Crippen LogP contribution in [0.5, 0.6) is 0 Å². The van der Waals surface area contributed by atoms with Gasteiger partial charge in [-0.2, -0.15) is 18.2 Å². The molecular weight excluding hydrogens is 586 g/mol. The second kappa shape index (κ2) is 12.2. The third-order valence-corrected chi connectivity index (χ3v) is 9.00. The van der Waals surface area contributed by atoms with Crippen LogP contribution in [0.4, 0.5) is 23.2 Å². The van der Waals surface area contributed by atoms with Crippen molar-refractivity contribution in [3.8, 4) is 11.5 Å². The largest absolute Gasteiger partial charge is 0.406 e. The van der Waals surface area contributed by atoms with Gasteiger partial charge in [0, 0.05) is 35.6 Å². The van der Waals surface area contributed by atoms with Gasteiger partial charge in [0.05, 0.1) is 28.7 Å². The number of halogens is 4. The average molecular weight is 620 g/mol. The first-order valence-corrected chi connectivity index (χ1v) is 15.1. The Labute approximate surface area is 249 Å². The smallest absolute Gasteiger partial charge is 0.379 e. The predicted molar refractivity (Wildman–Crippen MR) is 156 cm³/mol. The van der Waals surface area contributed by atoms with Gasteiger partial charge in [0.2, 0.25) is 11.7 Å². The number of thiophene rings is 1. The molecular formula is C29H33F4N7O2S. The summed E-state index contributed by atoms with van der Waals surface area (Å²) in [6, 6.07) is 9.78. The number of nitrogens with one attached hydrogen (secondary N) is 2. The normalized spacial score (nSPS) is 20.2. The van der Waals surface area contributed by atoms with Crippen LogP contribution in [-0.2, 0) is 19.6 Å². The van der Waals surface area contributed by atoms with Gasteiger partial charge in [-0.1, -0.05) is 11.2 Å². The maximum Gasteiger partial charge on any atom is 0.406 e. The number of rotatable bonds is 9. The first-order valence-electron chi connectivity index (χ1n) is 14.3. The van der Waals surface area contributed by atoms with Crippen LogP contribution in [0.3, 0.4) is 0 Å². The number of carbonyl (C=O) groups is 1. The number of alkyl halides is 4. The van der Waals surface area contributed by atoms with Crippen molar-refractivity contribution in [1.82, 2.24) is 29.8 Å². The van der Waals surface area contributed by atoms with E-state index in [1.54, 1.807) is 30.3 Å². The summed E-state index contributed by atoms with van der Waals surface area (Å²) in [6.45, 7) is 2.59. The molecule has 0 aliphatic carbocycles. The van der Waals surface area contributed by atoms with E-state index in [2.05, 4.69) is 25.7 Å². The Morgan fingerprint density at radius 2 is 1.98 bits per heavy atom. The average Bonchev–Trinajstić information content (AvgIpc) is 3.77. The molecule has 2 fully saturated rings. The van der Waals surface area contributed by atoms with E-state index < -0.39 is 24.9 Å². The van der Waals surface area contributed by atoms with Gasteiger partial charge in [0.15, 0.2) is 0 Å². The highest BCUT2D eigenvalue weighted by Crippen LogP contribution is 2.35. The molecule has 2 saturated heterocycles. The summed E-state index contributed by atoms with van der Waals surface area (Å²) in [5.74, 6) is -0.271. The first kappa shape index (κ1) is 29.6. The van der Waals surface area contributed by atoms with E-state index in [0.29, 0.717) is 34.4 Å². The molecule has 2 atom stereocenters. The first-order chi connectivity index (χ1) is 20.6. The van der Waals surface area contributed by atoms with E-state index in [-0.39, 0.29) is 36.4 Å². The van der Waals surface area contributed by atoms with Gasteiger partial charge in [0.25, 0.3) is 5.91 Å². The van der Waals surface area contributed by atoms with Crippen molar-refractivity contribution in [1.29, 1.82) is 0 Å². The van der Waals surface area contributed by atoms with Crippen LogP contribution in [-0.4, -0.2) is 82.0 Å². The molecule has 9 nitrogen and oxygen atoms in total. The number of aromatic nitrogens is 3. The lowest BCUT2D eigenvalue weighted by Gasteiger charge is -2.33. The molecule has 0 radical (unpaired) electrons. The molecule has 1 amide bonds. The zero-order valence-electron chi connectivity index (χ0n) is 23.7. The minimum absolute atomic E-state index is 0.0395. The lowest BCUT2D eigenvalue weighted by atomic mass is 10.0. The Balaban J connectivity index is 1.20. The molecule has 5 heterocycles. The lowest BCUT2D eigenvalue weighted by Crippen LogP contribution is -2.46. The van der Waals surface area contributed by atoms with E-state index in [1.807, 2.05) is 18.0 Å². The number of hydrogen-bond donors (Lipinski definition) is 2. The SMILES string of the molecule is CN1CC[C@@H](Nc2cccc3c2cc(-c2noc(CNC(=O)c4ccc(CN5CCCC5)s4)n2)n3CC(F)(F)F)[C@@H](F)C1. The van der Waals surface area contributed by atoms with Gasteiger partial charge >= 0.3 is 6.18 Å². The highest BCUT2D eigenvalue weighted by Gasteiger charge is 2.32. The number of fused-ring (bicyclic) bond motifs is 1. The molecule has 0 unspecified atom stereocenters. The van der Waals surface area contributed by atoms with Crippen LogP contribution in [0, 0.1) is 0 Å². The Bertz CT molecular complexity index is 1580. The number of carbonyl (C=O) groups excluding carboxylic acids is 1. The van der Waals surface area contributed by atoms with Crippen molar-refractivity contribution < 1.29 is 26.9 Å². The second-order valence-corrected chi connectivity index (χ2v) is 12.4. The van der Waals surface area contributed by atoms with Crippen molar-refractivity contribution in [2.75, 3.05) is 38.5 Å². The van der Waals surface area contributed by atoms with Crippen LogP contribution < -0.4 is 10.6 Å². The Hall–Kier alpha value is -3.49. The summed E-state index contributed by atoms with van der Waals surface area (Å²) in [7, 11) is 1.85. The van der Waals surface area contributed by atoms with Gasteiger partial charge in [-0.25, -0.2) is 4.39 Å². The van der Waals surface area contributed by atoms with E-state index in [9.17, 15) is 22.4 Å². The third-order valence-electron chi connectivity index (χ3n) is 7.93. The van der Waals surface area contributed by atoms with Crippen LogP contribution in [0.2, 0.25) is 0 Å². The second-order valence-electron chi connectivity index (χ2n) is 11.2. The lowest BCUT2D eigenvalue weighted by molar-refractivity contribution is -0.139. The zero-order valence-corrected chi connectivity index (χ0v) is 24.5. The number of amides is 1. The predicted octanol–water partition coefficient (Wildman–Crippen LogP) is 5.30. The van der Waals surface area contributed by atoms with E-state index in [0.717, 1.165) is 29.1 Å². The Morgan fingerprint density at radius 1 is 1.16 bits per heavy atom. The summed E-state index contributed by atoms with van der Waals surface area (Å²) in [5, 5.41) is 10.4. The van der Waals surface area contributed by atoms with Gasteiger partial charge in [-0.15, -0.1) is 11.3 Å². The van der Waals surface area contributed by atoms with Gasteiger partial charge in [-0.05, 0) is 69.7 Å². The minimum Gasteiger partial charge on any atom is -0.379 e. The van der Waals surface area contributed by atoms with E-state index >= 15 is 0 Å². The highest BCUT2D eigenvalue weighted by molar-refractivity contribution is 7.14. The number of likely N-dealkylation sites (tertiary alicyclic amines) is 2. The van der Waals surface area contributed by atoms with Gasteiger partial charge in [-0.3, -0.25) is 9.69 Å². The summed E-state index contributed by atoms with van der Waals surface area (Å²) in [4.78, 5) is 23.0. The van der Waals surface area contributed by atoms with Crippen LogP contribution in [0.25, 0.3) is 22.4 Å². The quantitative estimate of drug-likeness (QED) is 0.246. The van der Waals surface area contributed by atoms with Gasteiger partial charge < -0.3 is 24.6 Å². The summed E-state index contributed by atoms with van der Waals surface area (Å²) in [6.07, 6.45) is -2.69. The molecule has 3 aromatic heterocycles. The van der Waals surface area contributed by atoms with Gasteiger partial charge in [0.1, 0.15) is 12.7 Å². The van der Waals surface area contributed by atoms with Crippen LogP contribution >= 0.6 is 11.3 Å². The fraction of sp³-hybridized carbons (Fsp3) is 0.483. The number of piperidine rings is 1. The molecule has 2 aliphatic rings. The molecule has 4 aromatic rings. The highest BCUT2D eigenvalue weighted by atomic mass is 32.1. The molecule has 2 aliphatic heterocycles. The number of hydrogen-bond acceptors (Lipinski definition) is 8. The fourth-order valence-electron chi connectivity index (χ4n) is 5.78. The van der Waals surface area contributed by atoms with E-state index in [4.69, 9.17) is 4.52 Å².